The van der Waals surface area contributed by atoms with E-state index in [9.17, 15) is 26.4 Å². The van der Waals surface area contributed by atoms with Crippen molar-refractivity contribution in [1.82, 2.24) is 0 Å². The number of carbonyl (C=O) groups excluding carboxylic acids is 1. The molecule has 0 radical (unpaired) electrons. The zero-order chi connectivity index (χ0) is 24.0. The number of hydrogen-bond acceptors (Lipinski definition) is 7. The Balaban J connectivity index is 2.07. The second kappa shape index (κ2) is 8.23. The van der Waals surface area contributed by atoms with Crippen LogP contribution in [-0.4, -0.2) is 34.5 Å². The van der Waals surface area contributed by atoms with E-state index in [4.69, 9.17) is 18.4 Å². The summed E-state index contributed by atoms with van der Waals surface area (Å²) in [6.07, 6.45) is -3.70. The highest BCUT2D eigenvalue weighted by Crippen LogP contribution is 2.46. The second-order valence-electron chi connectivity index (χ2n) is 7.21. The molecule has 0 spiro atoms. The summed E-state index contributed by atoms with van der Waals surface area (Å²) in [6, 6.07) is 9.04. The molecule has 1 heterocycles. The van der Waals surface area contributed by atoms with E-state index in [0.29, 0.717) is 22.3 Å². The van der Waals surface area contributed by atoms with Gasteiger partial charge in [0.05, 0.1) is 31.1 Å². The molecule has 11 heteroatoms. The maximum absolute atomic E-state index is 13.1. The molecule has 1 aliphatic heterocycles. The minimum absolute atomic E-state index is 0.00223. The molecule has 0 aromatic heterocycles. The summed E-state index contributed by atoms with van der Waals surface area (Å²) in [5.41, 5.74) is -0.188. The Kier molecular flexibility index (Phi) is 5.71. The van der Waals surface area contributed by atoms with Crippen molar-refractivity contribution in [2.75, 3.05) is 20.2 Å². The van der Waals surface area contributed by atoms with Crippen LogP contribution in [0.2, 0.25) is 0 Å². The molecular weight excluding hydrogens is 465 g/mol. The molecule has 0 amide bonds. The second-order valence-corrected chi connectivity index (χ2v) is 8.85. The summed E-state index contributed by atoms with van der Waals surface area (Å²) in [4.78, 5) is 12.6. The molecule has 1 aliphatic rings. The van der Waals surface area contributed by atoms with E-state index in [1.807, 2.05) is 0 Å². The van der Waals surface area contributed by atoms with Crippen LogP contribution in [0.15, 0.2) is 42.5 Å². The lowest BCUT2D eigenvalue weighted by Crippen LogP contribution is -2.12. The fourth-order valence-corrected chi connectivity index (χ4v) is 3.98. The fraction of sp³-hybridized carbons (Fsp3) is 0.227. The summed E-state index contributed by atoms with van der Waals surface area (Å²) in [6.45, 7) is -0.630. The van der Waals surface area contributed by atoms with Crippen molar-refractivity contribution in [3.63, 3.8) is 0 Å². The molecule has 4 rings (SSSR count). The van der Waals surface area contributed by atoms with E-state index in [-0.39, 0.29) is 29.0 Å². The van der Waals surface area contributed by atoms with Crippen molar-refractivity contribution in [1.29, 1.82) is 0 Å². The number of hydrogen-bond donors (Lipinski definition) is 0. The first-order valence-electron chi connectivity index (χ1n) is 9.48. The number of methoxy groups -OCH3 is 1. The van der Waals surface area contributed by atoms with Gasteiger partial charge in [-0.15, -0.1) is 0 Å². The van der Waals surface area contributed by atoms with Crippen LogP contribution in [0.1, 0.15) is 21.5 Å². The third kappa shape index (κ3) is 4.46. The van der Waals surface area contributed by atoms with Gasteiger partial charge in [0.15, 0.2) is 11.5 Å². The summed E-state index contributed by atoms with van der Waals surface area (Å²) < 4.78 is 83.6. The van der Waals surface area contributed by atoms with E-state index in [1.165, 1.54) is 18.2 Å². The summed E-state index contributed by atoms with van der Waals surface area (Å²) in [7, 11) is -2.76. The van der Waals surface area contributed by atoms with Gasteiger partial charge in [0.25, 0.3) is 10.1 Å². The van der Waals surface area contributed by atoms with Gasteiger partial charge in [0.2, 0.25) is 6.79 Å². The first-order valence-corrected chi connectivity index (χ1v) is 11.3. The first-order chi connectivity index (χ1) is 15.5. The highest BCUT2D eigenvalue weighted by atomic mass is 32.2. The Labute approximate surface area is 186 Å². The number of ether oxygens (including phenoxy) is 3. The number of alkyl halides is 3. The van der Waals surface area contributed by atoms with Gasteiger partial charge in [-0.2, -0.15) is 21.6 Å². The standard InChI is InChI=1S/C22H17F3O7S/c1-29-21(26)15-9-13-5-8-17-20(31-11-30-17)19(13)18(16(15)10-32-33(2,27)28)12-3-6-14(7-4-12)22(23,24)25/h3-9H,10-11H2,1-2H3. The summed E-state index contributed by atoms with van der Waals surface area (Å²) in [5.74, 6) is -0.0503. The van der Waals surface area contributed by atoms with Crippen molar-refractivity contribution in [3.05, 3.63) is 59.2 Å². The number of fused-ring (bicyclic) bond motifs is 3. The number of rotatable bonds is 5. The van der Waals surface area contributed by atoms with Gasteiger partial charge in [-0.25, -0.2) is 4.79 Å². The molecule has 0 aliphatic carbocycles. The Morgan fingerprint density at radius 3 is 2.39 bits per heavy atom. The zero-order valence-electron chi connectivity index (χ0n) is 17.4. The Hall–Kier alpha value is -3.31. The minimum atomic E-state index is -4.55. The molecule has 3 aromatic carbocycles. The molecule has 174 valence electrons. The maximum atomic E-state index is 13.1. The van der Waals surface area contributed by atoms with E-state index in [2.05, 4.69) is 0 Å². The number of benzene rings is 3. The third-order valence-corrected chi connectivity index (χ3v) is 5.62. The van der Waals surface area contributed by atoms with Crippen LogP contribution in [0.5, 0.6) is 11.5 Å². The third-order valence-electron chi connectivity index (χ3n) is 5.07. The number of esters is 1. The lowest BCUT2D eigenvalue weighted by Gasteiger charge is -2.19. The highest BCUT2D eigenvalue weighted by molar-refractivity contribution is 7.85. The Morgan fingerprint density at radius 1 is 1.09 bits per heavy atom. The lowest BCUT2D eigenvalue weighted by molar-refractivity contribution is -0.137. The molecule has 0 unspecified atom stereocenters. The predicted octanol–water partition coefficient (Wildman–Crippen LogP) is 4.52. The highest BCUT2D eigenvalue weighted by Gasteiger charge is 2.31. The van der Waals surface area contributed by atoms with Gasteiger partial charge >= 0.3 is 12.1 Å². The molecule has 0 saturated heterocycles. The van der Waals surface area contributed by atoms with Gasteiger partial charge in [-0.3, -0.25) is 4.18 Å². The smallest absolute Gasteiger partial charge is 0.416 e. The van der Waals surface area contributed by atoms with E-state index in [0.717, 1.165) is 25.5 Å². The number of halogens is 3. The maximum Gasteiger partial charge on any atom is 0.416 e. The van der Waals surface area contributed by atoms with Crippen LogP contribution in [0, 0.1) is 0 Å². The van der Waals surface area contributed by atoms with Gasteiger partial charge in [-0.1, -0.05) is 18.2 Å². The molecule has 7 nitrogen and oxygen atoms in total. The molecule has 0 N–H and O–H groups in total. The molecule has 0 atom stereocenters. The van der Waals surface area contributed by atoms with Crippen molar-refractivity contribution in [2.45, 2.75) is 12.8 Å². The van der Waals surface area contributed by atoms with E-state index < -0.39 is 34.4 Å². The molecule has 33 heavy (non-hydrogen) atoms. The molecule has 0 fully saturated rings. The van der Waals surface area contributed by atoms with Crippen LogP contribution < -0.4 is 9.47 Å². The number of carbonyl (C=O) groups is 1. The normalized spacial score (nSPS) is 13.4. The molecule has 0 bridgehead atoms. The van der Waals surface area contributed by atoms with E-state index in [1.54, 1.807) is 12.1 Å². The van der Waals surface area contributed by atoms with Crippen LogP contribution in [0.3, 0.4) is 0 Å². The average Bonchev–Trinajstić information content (AvgIpc) is 3.24. The monoisotopic (exact) mass is 482 g/mol. The SMILES string of the molecule is COC(=O)c1cc2ccc3c(c2c(-c2ccc(C(F)(F)F)cc2)c1COS(C)(=O)=O)OCO3. The van der Waals surface area contributed by atoms with Crippen LogP contribution >= 0.6 is 0 Å². The molecule has 0 saturated carbocycles. The van der Waals surface area contributed by atoms with Crippen molar-refractivity contribution in [3.8, 4) is 22.6 Å². The van der Waals surface area contributed by atoms with Gasteiger partial charge in [0.1, 0.15) is 0 Å². The molecular formula is C22H17F3O7S. The van der Waals surface area contributed by atoms with Crippen LogP contribution in [0.4, 0.5) is 13.2 Å². The van der Waals surface area contributed by atoms with Gasteiger partial charge in [0, 0.05) is 10.9 Å². The quantitative estimate of drug-likeness (QED) is 0.390. The lowest BCUT2D eigenvalue weighted by atomic mass is 9.89. The largest absolute Gasteiger partial charge is 0.465 e. The van der Waals surface area contributed by atoms with Gasteiger partial charge < -0.3 is 14.2 Å². The van der Waals surface area contributed by atoms with Crippen molar-refractivity contribution >= 4 is 26.9 Å². The zero-order valence-corrected chi connectivity index (χ0v) is 18.2. The van der Waals surface area contributed by atoms with Crippen LogP contribution in [0.25, 0.3) is 21.9 Å². The van der Waals surface area contributed by atoms with Crippen molar-refractivity contribution in [2.24, 2.45) is 0 Å². The summed E-state index contributed by atoms with van der Waals surface area (Å²) in [5, 5.41) is 0.946. The van der Waals surface area contributed by atoms with Gasteiger partial charge in [-0.05, 0) is 40.8 Å². The summed E-state index contributed by atoms with van der Waals surface area (Å²) >= 11 is 0. The minimum Gasteiger partial charge on any atom is -0.465 e. The molecule has 3 aromatic rings. The Bertz CT molecular complexity index is 1350. The topological polar surface area (TPSA) is 88.1 Å². The van der Waals surface area contributed by atoms with Crippen LogP contribution in [-0.2, 0) is 31.8 Å². The Morgan fingerprint density at radius 2 is 1.79 bits per heavy atom. The predicted molar refractivity (Wildman–Crippen MR) is 111 cm³/mol. The fourth-order valence-electron chi connectivity index (χ4n) is 3.65. The van der Waals surface area contributed by atoms with Crippen molar-refractivity contribution < 1.29 is 44.8 Å². The average molecular weight is 482 g/mol. The first kappa shape index (κ1) is 22.9. The van der Waals surface area contributed by atoms with E-state index >= 15 is 0 Å².